The highest BCUT2D eigenvalue weighted by Crippen LogP contribution is 2.14. The minimum atomic E-state index is 0.677. The van der Waals surface area contributed by atoms with Gasteiger partial charge in [0.1, 0.15) is 0 Å². The lowest BCUT2D eigenvalue weighted by Crippen LogP contribution is -2.37. The van der Waals surface area contributed by atoms with Crippen LogP contribution in [0.15, 0.2) is 29.3 Å². The molecule has 0 aliphatic carbocycles. The third-order valence-corrected chi connectivity index (χ3v) is 4.26. The number of nitrogens with zero attached hydrogens (tertiary/aromatic N) is 1. The molecule has 1 aliphatic heterocycles. The molecule has 24 heavy (non-hydrogen) atoms. The standard InChI is InChI=1S/C19H31N3O2/c1-16-4-6-17(7-5-16)14-22-19(20-2)21-10-3-11-24-15-18-8-12-23-13-9-18/h4-7,18H,3,8-15H2,1-2H3,(H2,20,21,22). The number of benzene rings is 1. The number of aryl methyl sites for hydroxylation is 1. The first kappa shape index (κ1) is 18.7. The molecule has 1 aliphatic rings. The van der Waals surface area contributed by atoms with Crippen LogP contribution in [-0.2, 0) is 16.0 Å². The van der Waals surface area contributed by atoms with E-state index < -0.39 is 0 Å². The largest absolute Gasteiger partial charge is 0.381 e. The summed E-state index contributed by atoms with van der Waals surface area (Å²) in [6.45, 7) is 7.17. The minimum absolute atomic E-state index is 0.677. The zero-order chi connectivity index (χ0) is 17.0. The maximum atomic E-state index is 5.77. The van der Waals surface area contributed by atoms with Crippen molar-refractivity contribution in [1.82, 2.24) is 10.6 Å². The van der Waals surface area contributed by atoms with Crippen LogP contribution >= 0.6 is 0 Å². The van der Waals surface area contributed by atoms with Gasteiger partial charge in [-0.15, -0.1) is 0 Å². The van der Waals surface area contributed by atoms with Crippen molar-refractivity contribution in [2.75, 3.05) is 40.0 Å². The molecule has 2 N–H and O–H groups in total. The van der Waals surface area contributed by atoms with Crippen molar-refractivity contribution < 1.29 is 9.47 Å². The summed E-state index contributed by atoms with van der Waals surface area (Å²) in [7, 11) is 1.80. The van der Waals surface area contributed by atoms with Gasteiger partial charge >= 0.3 is 0 Å². The number of hydrogen-bond donors (Lipinski definition) is 2. The molecule has 5 heteroatoms. The normalized spacial score (nSPS) is 16.2. The van der Waals surface area contributed by atoms with Crippen LogP contribution in [0.25, 0.3) is 0 Å². The van der Waals surface area contributed by atoms with Crippen molar-refractivity contribution >= 4 is 5.96 Å². The zero-order valence-electron chi connectivity index (χ0n) is 15.0. The predicted octanol–water partition coefficient (Wildman–Crippen LogP) is 2.49. The molecular weight excluding hydrogens is 302 g/mol. The van der Waals surface area contributed by atoms with Crippen molar-refractivity contribution in [3.8, 4) is 0 Å². The molecule has 0 atom stereocenters. The summed E-state index contributed by atoms with van der Waals surface area (Å²) in [6.07, 6.45) is 3.25. The average Bonchev–Trinajstić information content (AvgIpc) is 2.63. The van der Waals surface area contributed by atoms with E-state index in [2.05, 4.69) is 46.8 Å². The van der Waals surface area contributed by atoms with Gasteiger partial charge in [0.15, 0.2) is 5.96 Å². The van der Waals surface area contributed by atoms with Gasteiger partial charge in [-0.25, -0.2) is 0 Å². The lowest BCUT2D eigenvalue weighted by atomic mass is 10.0. The number of nitrogens with one attached hydrogen (secondary N) is 2. The lowest BCUT2D eigenvalue weighted by Gasteiger charge is -2.21. The van der Waals surface area contributed by atoms with E-state index in [1.807, 2.05) is 0 Å². The number of ether oxygens (including phenoxy) is 2. The summed E-state index contributed by atoms with van der Waals surface area (Å²) in [6, 6.07) is 8.53. The van der Waals surface area contributed by atoms with E-state index in [9.17, 15) is 0 Å². The Hall–Kier alpha value is -1.59. The van der Waals surface area contributed by atoms with Gasteiger partial charge in [-0.3, -0.25) is 4.99 Å². The van der Waals surface area contributed by atoms with Crippen molar-refractivity contribution in [3.05, 3.63) is 35.4 Å². The van der Waals surface area contributed by atoms with Crippen LogP contribution < -0.4 is 10.6 Å². The van der Waals surface area contributed by atoms with E-state index in [1.54, 1.807) is 7.05 Å². The fourth-order valence-electron chi connectivity index (χ4n) is 2.66. The van der Waals surface area contributed by atoms with Gasteiger partial charge in [0.25, 0.3) is 0 Å². The Kier molecular flexibility index (Phi) is 8.63. The van der Waals surface area contributed by atoms with Gasteiger partial charge in [0.05, 0.1) is 0 Å². The third kappa shape index (κ3) is 7.32. The molecule has 0 spiro atoms. The van der Waals surface area contributed by atoms with Crippen LogP contribution in [0.2, 0.25) is 0 Å². The minimum Gasteiger partial charge on any atom is -0.381 e. The summed E-state index contributed by atoms with van der Waals surface area (Å²) >= 11 is 0. The second-order valence-corrected chi connectivity index (χ2v) is 6.32. The molecule has 0 radical (unpaired) electrons. The van der Waals surface area contributed by atoms with E-state index in [4.69, 9.17) is 9.47 Å². The van der Waals surface area contributed by atoms with E-state index in [0.29, 0.717) is 5.92 Å². The Balaban J connectivity index is 1.52. The predicted molar refractivity (Wildman–Crippen MR) is 98.4 cm³/mol. The molecule has 0 aromatic heterocycles. The van der Waals surface area contributed by atoms with Gasteiger partial charge in [-0.2, -0.15) is 0 Å². The van der Waals surface area contributed by atoms with Crippen LogP contribution in [0.4, 0.5) is 0 Å². The lowest BCUT2D eigenvalue weighted by molar-refractivity contribution is 0.0203. The first-order chi connectivity index (χ1) is 11.8. The Morgan fingerprint density at radius 1 is 1.21 bits per heavy atom. The fourth-order valence-corrected chi connectivity index (χ4v) is 2.66. The van der Waals surface area contributed by atoms with Crippen molar-refractivity contribution in [1.29, 1.82) is 0 Å². The molecule has 1 fully saturated rings. The second-order valence-electron chi connectivity index (χ2n) is 6.32. The molecule has 0 bridgehead atoms. The van der Waals surface area contributed by atoms with Gasteiger partial charge in [0.2, 0.25) is 0 Å². The Bertz CT molecular complexity index is 482. The number of aliphatic imine (C=N–C) groups is 1. The molecule has 134 valence electrons. The number of rotatable bonds is 8. The Labute approximate surface area is 145 Å². The molecular formula is C19H31N3O2. The molecule has 0 saturated carbocycles. The van der Waals surface area contributed by atoms with Crippen molar-refractivity contribution in [2.24, 2.45) is 10.9 Å². The van der Waals surface area contributed by atoms with Crippen molar-refractivity contribution in [2.45, 2.75) is 32.7 Å². The second kappa shape index (κ2) is 11.0. The topological polar surface area (TPSA) is 54.9 Å². The highest BCUT2D eigenvalue weighted by molar-refractivity contribution is 5.79. The van der Waals surface area contributed by atoms with Crippen LogP contribution in [0.3, 0.4) is 0 Å². The first-order valence-electron chi connectivity index (χ1n) is 8.93. The quantitative estimate of drug-likeness (QED) is 0.436. The highest BCUT2D eigenvalue weighted by Gasteiger charge is 2.13. The van der Waals surface area contributed by atoms with E-state index in [0.717, 1.165) is 64.7 Å². The summed E-state index contributed by atoms with van der Waals surface area (Å²) in [5.41, 5.74) is 2.53. The molecule has 0 amide bonds. The first-order valence-corrected chi connectivity index (χ1v) is 8.93. The fraction of sp³-hybridized carbons (Fsp3) is 0.632. The van der Waals surface area contributed by atoms with E-state index in [-0.39, 0.29) is 0 Å². The summed E-state index contributed by atoms with van der Waals surface area (Å²) < 4.78 is 11.1. The van der Waals surface area contributed by atoms with Crippen LogP contribution in [0.5, 0.6) is 0 Å². The highest BCUT2D eigenvalue weighted by atomic mass is 16.5. The van der Waals surface area contributed by atoms with Gasteiger partial charge in [-0.05, 0) is 37.7 Å². The average molecular weight is 333 g/mol. The van der Waals surface area contributed by atoms with Gasteiger partial charge in [-0.1, -0.05) is 29.8 Å². The SMILES string of the molecule is CN=C(NCCCOCC1CCOCC1)NCc1ccc(C)cc1. The third-order valence-electron chi connectivity index (χ3n) is 4.26. The van der Waals surface area contributed by atoms with Crippen LogP contribution in [0.1, 0.15) is 30.4 Å². The zero-order valence-corrected chi connectivity index (χ0v) is 15.0. The van der Waals surface area contributed by atoms with Crippen LogP contribution in [0, 0.1) is 12.8 Å². The van der Waals surface area contributed by atoms with Gasteiger partial charge < -0.3 is 20.1 Å². The van der Waals surface area contributed by atoms with E-state index >= 15 is 0 Å². The molecule has 1 saturated heterocycles. The molecule has 1 heterocycles. The smallest absolute Gasteiger partial charge is 0.191 e. The molecule has 5 nitrogen and oxygen atoms in total. The molecule has 1 aromatic carbocycles. The van der Waals surface area contributed by atoms with Crippen LogP contribution in [-0.4, -0.2) is 46.0 Å². The monoisotopic (exact) mass is 333 g/mol. The van der Waals surface area contributed by atoms with Gasteiger partial charge in [0, 0.05) is 46.6 Å². The number of hydrogen-bond acceptors (Lipinski definition) is 3. The Morgan fingerprint density at radius 2 is 1.96 bits per heavy atom. The maximum absolute atomic E-state index is 5.77. The van der Waals surface area contributed by atoms with E-state index in [1.165, 1.54) is 11.1 Å². The summed E-state index contributed by atoms with van der Waals surface area (Å²) in [5.74, 6) is 1.51. The molecule has 1 aromatic rings. The molecule has 2 rings (SSSR count). The van der Waals surface area contributed by atoms with Crippen molar-refractivity contribution in [3.63, 3.8) is 0 Å². The summed E-state index contributed by atoms with van der Waals surface area (Å²) in [5, 5.41) is 6.66. The summed E-state index contributed by atoms with van der Waals surface area (Å²) in [4.78, 5) is 4.25. The maximum Gasteiger partial charge on any atom is 0.191 e. The molecule has 0 unspecified atom stereocenters. The Morgan fingerprint density at radius 3 is 2.67 bits per heavy atom. The number of guanidine groups is 1.